The molecule has 1 saturated heterocycles. The predicted molar refractivity (Wildman–Crippen MR) is 149 cm³/mol. The largest absolute Gasteiger partial charge is 0.458 e. The van der Waals surface area contributed by atoms with Crippen molar-refractivity contribution in [3.8, 4) is 11.8 Å². The van der Waals surface area contributed by atoms with Crippen LogP contribution in [0.1, 0.15) is 49.9 Å². The molecule has 2 amide bonds. The number of ether oxygens (including phenoxy) is 2. The van der Waals surface area contributed by atoms with Crippen molar-refractivity contribution >= 4 is 12.0 Å². The van der Waals surface area contributed by atoms with Crippen molar-refractivity contribution in [2.75, 3.05) is 52.5 Å². The van der Waals surface area contributed by atoms with Crippen LogP contribution in [0.3, 0.4) is 0 Å². The van der Waals surface area contributed by atoms with Crippen LogP contribution in [0.5, 0.6) is 0 Å². The summed E-state index contributed by atoms with van der Waals surface area (Å²) in [6.07, 6.45) is 0.324. The first-order valence-corrected chi connectivity index (χ1v) is 13.3. The Labute approximate surface area is 231 Å². The molecule has 1 heterocycles. The molecule has 1 aliphatic heterocycles. The van der Waals surface area contributed by atoms with Gasteiger partial charge in [0.1, 0.15) is 12.2 Å². The number of urea groups is 1. The molecule has 0 bridgehead atoms. The first-order chi connectivity index (χ1) is 18.6. The smallest absolute Gasteiger partial charge is 0.338 e. The summed E-state index contributed by atoms with van der Waals surface area (Å²) in [5.74, 6) is 5.70. The molecule has 0 aliphatic carbocycles. The van der Waals surface area contributed by atoms with Gasteiger partial charge in [-0.1, -0.05) is 54.3 Å². The summed E-state index contributed by atoms with van der Waals surface area (Å²) in [6.45, 7) is 10.5. The Morgan fingerprint density at radius 3 is 2.28 bits per heavy atom. The second kappa shape index (κ2) is 14.7. The predicted octanol–water partition coefficient (Wildman–Crippen LogP) is 3.26. The molecule has 0 spiro atoms. The van der Waals surface area contributed by atoms with E-state index in [0.717, 1.165) is 38.3 Å². The van der Waals surface area contributed by atoms with Crippen molar-refractivity contribution in [1.29, 1.82) is 0 Å². The maximum absolute atomic E-state index is 11.8. The molecule has 3 rings (SSSR count). The Balaban J connectivity index is 1.55. The average Bonchev–Trinajstić information content (AvgIpc) is 2.90. The molecule has 2 aromatic carbocycles. The molecule has 1 atom stereocenters. The molecule has 3 N–H and O–H groups in total. The van der Waals surface area contributed by atoms with E-state index in [1.54, 1.807) is 0 Å². The summed E-state index contributed by atoms with van der Waals surface area (Å²) < 4.78 is 10.8. The number of nitrogens with two attached hydrogens (primary N) is 1. The maximum Gasteiger partial charge on any atom is 0.338 e. The SMILES string of the molecule is CC(C)(C)OC(=O)COCCN1CCN(C(c2ccccc2)c2ccc(C#CCCN(O)C(N)=O)cc2)CC1. The molecule has 1 fully saturated rings. The quantitative estimate of drug-likeness (QED) is 0.158. The Kier molecular flexibility index (Phi) is 11.3. The van der Waals surface area contributed by atoms with Gasteiger partial charge in [-0.05, 0) is 44.0 Å². The number of primary amides is 1. The number of nitrogens with zero attached hydrogens (tertiary/aromatic N) is 3. The number of hydrogen-bond acceptors (Lipinski definition) is 7. The summed E-state index contributed by atoms with van der Waals surface area (Å²) in [5, 5.41) is 9.79. The molecule has 1 unspecified atom stereocenters. The van der Waals surface area contributed by atoms with E-state index in [1.165, 1.54) is 11.1 Å². The van der Waals surface area contributed by atoms with E-state index in [0.29, 0.717) is 18.1 Å². The van der Waals surface area contributed by atoms with Gasteiger partial charge in [-0.15, -0.1) is 0 Å². The monoisotopic (exact) mass is 536 g/mol. The third-order valence-electron chi connectivity index (χ3n) is 6.24. The fourth-order valence-corrected chi connectivity index (χ4v) is 4.40. The van der Waals surface area contributed by atoms with Crippen LogP contribution < -0.4 is 5.73 Å². The second-order valence-electron chi connectivity index (χ2n) is 10.5. The normalized spacial score (nSPS) is 15.2. The Morgan fingerprint density at radius 2 is 1.67 bits per heavy atom. The number of hydroxylamine groups is 2. The average molecular weight is 537 g/mol. The summed E-state index contributed by atoms with van der Waals surface area (Å²) in [5.41, 5.74) is 7.80. The maximum atomic E-state index is 11.8. The zero-order chi connectivity index (χ0) is 28.3. The first kappa shape index (κ1) is 30.1. The minimum absolute atomic E-state index is 0.0268. The van der Waals surface area contributed by atoms with Crippen LogP contribution in [-0.4, -0.2) is 90.2 Å². The van der Waals surface area contributed by atoms with Crippen molar-refractivity contribution < 1.29 is 24.3 Å². The van der Waals surface area contributed by atoms with Crippen LogP contribution in [0.2, 0.25) is 0 Å². The van der Waals surface area contributed by atoms with Crippen LogP contribution >= 0.6 is 0 Å². The number of carbonyl (C=O) groups is 2. The van der Waals surface area contributed by atoms with Gasteiger partial charge in [-0.3, -0.25) is 15.0 Å². The summed E-state index contributed by atoms with van der Waals surface area (Å²) in [6, 6.07) is 17.9. The zero-order valence-corrected chi connectivity index (χ0v) is 23.1. The number of piperazine rings is 1. The van der Waals surface area contributed by atoms with Crippen LogP contribution in [0.4, 0.5) is 4.79 Å². The van der Waals surface area contributed by atoms with Crippen LogP contribution in [0, 0.1) is 11.8 Å². The molecule has 0 aromatic heterocycles. The third-order valence-corrected chi connectivity index (χ3v) is 6.24. The Bertz CT molecular complexity index is 1110. The minimum atomic E-state index is -0.888. The fourth-order valence-electron chi connectivity index (χ4n) is 4.40. The second-order valence-corrected chi connectivity index (χ2v) is 10.5. The van der Waals surface area contributed by atoms with Gasteiger partial charge in [0.2, 0.25) is 0 Å². The van der Waals surface area contributed by atoms with Gasteiger partial charge in [-0.25, -0.2) is 14.7 Å². The molecule has 39 heavy (non-hydrogen) atoms. The standard InChI is InChI=1S/C30H40N4O5/c1-30(2,3)39-27(35)23-38-22-21-32-17-19-33(20-18-32)28(25-10-5-4-6-11-25)26-14-12-24(13-15-26)9-7-8-16-34(37)29(31)36/h4-6,10-15,28,37H,8,16-23H2,1-3H3,(H2,31,36). The molecule has 0 saturated carbocycles. The Morgan fingerprint density at radius 1 is 1.03 bits per heavy atom. The van der Waals surface area contributed by atoms with Gasteiger partial charge in [-0.2, -0.15) is 0 Å². The van der Waals surface area contributed by atoms with Crippen molar-refractivity contribution in [3.63, 3.8) is 0 Å². The highest BCUT2D eigenvalue weighted by atomic mass is 16.6. The molecule has 1 aliphatic rings. The summed E-state index contributed by atoms with van der Waals surface area (Å²) in [7, 11) is 0. The van der Waals surface area contributed by atoms with Gasteiger partial charge < -0.3 is 15.2 Å². The lowest BCUT2D eigenvalue weighted by atomic mass is 9.95. The zero-order valence-electron chi connectivity index (χ0n) is 23.1. The highest BCUT2D eigenvalue weighted by Crippen LogP contribution is 2.29. The van der Waals surface area contributed by atoms with Gasteiger partial charge in [0.15, 0.2) is 0 Å². The van der Waals surface area contributed by atoms with Crippen LogP contribution in [-0.2, 0) is 14.3 Å². The lowest BCUT2D eigenvalue weighted by molar-refractivity contribution is -0.160. The number of hydrogen-bond donors (Lipinski definition) is 2. The highest BCUT2D eigenvalue weighted by molar-refractivity contribution is 5.71. The molecule has 9 nitrogen and oxygen atoms in total. The van der Waals surface area contributed by atoms with Crippen LogP contribution in [0.25, 0.3) is 0 Å². The van der Waals surface area contributed by atoms with E-state index in [4.69, 9.17) is 15.2 Å². The fraction of sp³-hybridized carbons (Fsp3) is 0.467. The van der Waals surface area contributed by atoms with Crippen molar-refractivity contribution in [2.45, 2.75) is 38.8 Å². The molecular weight excluding hydrogens is 496 g/mol. The van der Waals surface area contributed by atoms with Gasteiger partial charge in [0.25, 0.3) is 0 Å². The highest BCUT2D eigenvalue weighted by Gasteiger charge is 2.26. The third kappa shape index (κ3) is 10.3. The lowest BCUT2D eigenvalue weighted by Gasteiger charge is -2.39. The van der Waals surface area contributed by atoms with Gasteiger partial charge in [0.05, 0.1) is 19.2 Å². The summed E-state index contributed by atoms with van der Waals surface area (Å²) in [4.78, 5) is 27.6. The molecule has 9 heteroatoms. The van der Waals surface area contributed by atoms with Crippen molar-refractivity contribution in [3.05, 3.63) is 71.3 Å². The van der Waals surface area contributed by atoms with E-state index in [2.05, 4.69) is 58.0 Å². The number of rotatable bonds is 10. The number of carbonyl (C=O) groups excluding carboxylic acids is 2. The number of esters is 1. The molecular formula is C30H40N4O5. The summed E-state index contributed by atoms with van der Waals surface area (Å²) >= 11 is 0. The van der Waals surface area contributed by atoms with E-state index in [1.807, 2.05) is 39.0 Å². The number of benzene rings is 2. The van der Waals surface area contributed by atoms with E-state index >= 15 is 0 Å². The van der Waals surface area contributed by atoms with Crippen molar-refractivity contribution in [2.24, 2.45) is 5.73 Å². The van der Waals surface area contributed by atoms with Gasteiger partial charge >= 0.3 is 12.0 Å². The molecule has 210 valence electrons. The molecule has 0 radical (unpaired) electrons. The molecule has 2 aromatic rings. The Hall–Kier alpha value is -3.42. The van der Waals surface area contributed by atoms with Gasteiger partial charge in [0, 0.05) is 44.7 Å². The topological polar surface area (TPSA) is 109 Å². The van der Waals surface area contributed by atoms with E-state index < -0.39 is 11.6 Å². The van der Waals surface area contributed by atoms with Crippen LogP contribution in [0.15, 0.2) is 54.6 Å². The lowest BCUT2D eigenvalue weighted by Crippen LogP contribution is -2.48. The first-order valence-electron chi connectivity index (χ1n) is 13.3. The minimum Gasteiger partial charge on any atom is -0.458 e. The van der Waals surface area contributed by atoms with E-state index in [9.17, 15) is 14.8 Å². The number of amides is 2. The van der Waals surface area contributed by atoms with E-state index in [-0.39, 0.29) is 25.2 Å². The van der Waals surface area contributed by atoms with Crippen molar-refractivity contribution in [1.82, 2.24) is 14.9 Å².